The van der Waals surface area contributed by atoms with Gasteiger partial charge >= 0.3 is 0 Å². The van der Waals surface area contributed by atoms with Crippen molar-refractivity contribution in [1.29, 1.82) is 0 Å². The molecular formula is C13H21NO2. The second-order valence-electron chi connectivity index (χ2n) is 6.28. The van der Waals surface area contributed by atoms with E-state index < -0.39 is 5.54 Å². The van der Waals surface area contributed by atoms with Crippen molar-refractivity contribution in [2.45, 2.75) is 53.5 Å². The van der Waals surface area contributed by atoms with Crippen LogP contribution in [-0.4, -0.2) is 22.3 Å². The fourth-order valence-corrected chi connectivity index (χ4v) is 1.91. The summed E-state index contributed by atoms with van der Waals surface area (Å²) in [6, 6.07) is 0. The molecule has 1 aliphatic heterocycles. The van der Waals surface area contributed by atoms with Crippen LogP contribution in [0.3, 0.4) is 0 Å². The molecule has 0 aromatic carbocycles. The van der Waals surface area contributed by atoms with Crippen molar-refractivity contribution in [3.8, 4) is 0 Å². The van der Waals surface area contributed by atoms with E-state index in [0.29, 0.717) is 6.42 Å². The first-order chi connectivity index (χ1) is 7.05. The Labute approximate surface area is 97.5 Å². The number of carbonyl (C=O) groups excluding carboxylic acids is 2. The van der Waals surface area contributed by atoms with Crippen LogP contribution in [0.5, 0.6) is 0 Å². The molecule has 0 saturated carbocycles. The summed E-state index contributed by atoms with van der Waals surface area (Å²) in [4.78, 5) is 25.4. The van der Waals surface area contributed by atoms with E-state index in [-0.39, 0.29) is 17.2 Å². The molecule has 0 fully saturated rings. The van der Waals surface area contributed by atoms with E-state index >= 15 is 0 Å². The predicted octanol–water partition coefficient (Wildman–Crippen LogP) is 2.52. The third-order valence-corrected chi connectivity index (χ3v) is 2.64. The molecule has 3 heteroatoms. The molecule has 3 nitrogen and oxygen atoms in total. The van der Waals surface area contributed by atoms with Gasteiger partial charge in [0.05, 0.1) is 0 Å². The average molecular weight is 223 g/mol. The summed E-state index contributed by atoms with van der Waals surface area (Å²) in [6.45, 7) is 11.6. The largest absolute Gasteiger partial charge is 0.274 e. The monoisotopic (exact) mass is 223 g/mol. The number of imide groups is 1. The summed E-state index contributed by atoms with van der Waals surface area (Å²) in [5.74, 6) is -0.248. The van der Waals surface area contributed by atoms with Gasteiger partial charge in [-0.05, 0) is 26.2 Å². The third-order valence-electron chi connectivity index (χ3n) is 2.64. The maximum Gasteiger partial charge on any atom is 0.257 e. The van der Waals surface area contributed by atoms with E-state index in [2.05, 4.69) is 0 Å². The van der Waals surface area contributed by atoms with Crippen LogP contribution in [0.25, 0.3) is 0 Å². The van der Waals surface area contributed by atoms with Crippen LogP contribution in [0, 0.1) is 5.41 Å². The zero-order valence-corrected chi connectivity index (χ0v) is 11.0. The molecule has 16 heavy (non-hydrogen) atoms. The second kappa shape index (κ2) is 3.72. The molecular weight excluding hydrogens is 202 g/mol. The van der Waals surface area contributed by atoms with Crippen LogP contribution < -0.4 is 0 Å². The molecule has 0 spiro atoms. The molecule has 1 aliphatic rings. The van der Waals surface area contributed by atoms with Crippen LogP contribution in [0.4, 0.5) is 0 Å². The van der Waals surface area contributed by atoms with Gasteiger partial charge in [-0.25, -0.2) is 0 Å². The lowest BCUT2D eigenvalue weighted by atomic mass is 9.82. The summed E-state index contributed by atoms with van der Waals surface area (Å²) >= 11 is 0. The summed E-state index contributed by atoms with van der Waals surface area (Å²) in [5.41, 5.74) is 0.0854. The van der Waals surface area contributed by atoms with Gasteiger partial charge in [0.25, 0.3) is 5.91 Å². The standard InChI is InChI=1S/C13H21NO2/c1-12(2,3)9-7-8-10(15)14(11(9)16)13(4,5)6/h7H,8H2,1-6H3. The predicted molar refractivity (Wildman–Crippen MR) is 63.8 cm³/mol. The Balaban J connectivity index is 3.15. The van der Waals surface area contributed by atoms with Gasteiger partial charge in [0.15, 0.2) is 0 Å². The minimum atomic E-state index is -0.446. The fraction of sp³-hybridized carbons (Fsp3) is 0.692. The van der Waals surface area contributed by atoms with Gasteiger partial charge in [0, 0.05) is 17.5 Å². The molecule has 0 aliphatic carbocycles. The normalized spacial score (nSPS) is 18.9. The van der Waals surface area contributed by atoms with Gasteiger partial charge in [-0.1, -0.05) is 26.8 Å². The molecule has 1 rings (SSSR count). The van der Waals surface area contributed by atoms with Crippen molar-refractivity contribution in [2.75, 3.05) is 0 Å². The van der Waals surface area contributed by atoms with E-state index in [9.17, 15) is 9.59 Å². The molecule has 0 bridgehead atoms. The molecule has 0 unspecified atom stereocenters. The molecule has 0 radical (unpaired) electrons. The van der Waals surface area contributed by atoms with Crippen molar-refractivity contribution < 1.29 is 9.59 Å². The van der Waals surface area contributed by atoms with E-state index in [1.807, 2.05) is 41.5 Å². The van der Waals surface area contributed by atoms with Gasteiger partial charge in [0.1, 0.15) is 0 Å². The number of amides is 2. The number of hydrogen-bond acceptors (Lipinski definition) is 2. The number of nitrogens with zero attached hydrogens (tertiary/aromatic N) is 1. The summed E-state index contributed by atoms with van der Waals surface area (Å²) in [7, 11) is 0. The Morgan fingerprint density at radius 3 is 1.94 bits per heavy atom. The minimum absolute atomic E-state index is 0.106. The van der Waals surface area contributed by atoms with Gasteiger partial charge in [-0.15, -0.1) is 0 Å². The fourth-order valence-electron chi connectivity index (χ4n) is 1.91. The summed E-state index contributed by atoms with van der Waals surface area (Å²) < 4.78 is 0. The SMILES string of the molecule is CC(C)(C)C1=CCC(=O)N(C(C)(C)C)C1=O. The summed E-state index contributed by atoms with van der Waals surface area (Å²) in [5, 5.41) is 0. The van der Waals surface area contributed by atoms with Crippen LogP contribution in [-0.2, 0) is 9.59 Å². The molecule has 0 saturated heterocycles. The second-order valence-corrected chi connectivity index (χ2v) is 6.28. The number of rotatable bonds is 0. The van der Waals surface area contributed by atoms with Gasteiger partial charge < -0.3 is 0 Å². The quantitative estimate of drug-likeness (QED) is 0.592. The van der Waals surface area contributed by atoms with Crippen LogP contribution >= 0.6 is 0 Å². The van der Waals surface area contributed by atoms with Crippen molar-refractivity contribution in [1.82, 2.24) is 4.90 Å². The smallest absolute Gasteiger partial charge is 0.257 e. The van der Waals surface area contributed by atoms with E-state index in [1.54, 1.807) is 6.08 Å². The highest BCUT2D eigenvalue weighted by molar-refractivity contribution is 6.08. The van der Waals surface area contributed by atoms with E-state index in [0.717, 1.165) is 5.57 Å². The zero-order chi connectivity index (χ0) is 12.7. The minimum Gasteiger partial charge on any atom is -0.274 e. The Kier molecular flexibility index (Phi) is 3.01. The first kappa shape index (κ1) is 12.9. The topological polar surface area (TPSA) is 37.4 Å². The van der Waals surface area contributed by atoms with E-state index in [1.165, 1.54) is 4.90 Å². The molecule has 90 valence electrons. The van der Waals surface area contributed by atoms with Crippen molar-refractivity contribution in [2.24, 2.45) is 5.41 Å². The lowest BCUT2D eigenvalue weighted by Crippen LogP contribution is -2.52. The molecule has 0 aromatic heterocycles. The van der Waals surface area contributed by atoms with Crippen LogP contribution in [0.1, 0.15) is 48.0 Å². The Hall–Kier alpha value is -1.12. The molecule has 0 atom stereocenters. The maximum absolute atomic E-state index is 12.3. The number of carbonyl (C=O) groups is 2. The molecule has 0 N–H and O–H groups in total. The van der Waals surface area contributed by atoms with Crippen LogP contribution in [0.15, 0.2) is 11.6 Å². The molecule has 1 heterocycles. The van der Waals surface area contributed by atoms with E-state index in [4.69, 9.17) is 0 Å². The Bertz CT molecular complexity index is 353. The average Bonchev–Trinajstić information content (AvgIpc) is 1.97. The van der Waals surface area contributed by atoms with Crippen molar-refractivity contribution in [3.05, 3.63) is 11.6 Å². The highest BCUT2D eigenvalue weighted by Gasteiger charge is 2.39. The van der Waals surface area contributed by atoms with Gasteiger partial charge in [-0.3, -0.25) is 14.5 Å². The maximum atomic E-state index is 12.3. The Morgan fingerprint density at radius 1 is 1.06 bits per heavy atom. The molecule has 0 aromatic rings. The molecule has 2 amide bonds. The summed E-state index contributed by atoms with van der Waals surface area (Å²) in [6.07, 6.45) is 2.10. The third kappa shape index (κ3) is 2.34. The van der Waals surface area contributed by atoms with Crippen molar-refractivity contribution >= 4 is 11.8 Å². The van der Waals surface area contributed by atoms with Crippen molar-refractivity contribution in [3.63, 3.8) is 0 Å². The number of hydrogen-bond donors (Lipinski definition) is 0. The Morgan fingerprint density at radius 2 is 1.56 bits per heavy atom. The van der Waals surface area contributed by atoms with Gasteiger partial charge in [0.2, 0.25) is 5.91 Å². The lowest BCUT2D eigenvalue weighted by Gasteiger charge is -2.39. The van der Waals surface area contributed by atoms with Crippen LogP contribution in [0.2, 0.25) is 0 Å². The first-order valence-corrected chi connectivity index (χ1v) is 5.63. The highest BCUT2D eigenvalue weighted by atomic mass is 16.2. The highest BCUT2D eigenvalue weighted by Crippen LogP contribution is 2.32. The first-order valence-electron chi connectivity index (χ1n) is 5.63. The lowest BCUT2D eigenvalue weighted by molar-refractivity contribution is -0.149. The zero-order valence-electron chi connectivity index (χ0n) is 11.0. The van der Waals surface area contributed by atoms with Gasteiger partial charge in [-0.2, -0.15) is 0 Å².